The SMILES string of the molecule is Cn1cc(B(O)O)cc1-c1ccccc1. The van der Waals surface area contributed by atoms with Gasteiger partial charge in [0, 0.05) is 24.4 Å². The number of nitrogens with zero attached hydrogens (tertiary/aromatic N) is 1. The summed E-state index contributed by atoms with van der Waals surface area (Å²) in [5, 5.41) is 18.1. The molecule has 0 bridgehead atoms. The molecule has 0 atom stereocenters. The third kappa shape index (κ3) is 1.96. The Morgan fingerprint density at radius 2 is 1.80 bits per heavy atom. The summed E-state index contributed by atoms with van der Waals surface area (Å²) in [5.74, 6) is 0. The van der Waals surface area contributed by atoms with Crippen LogP contribution in [0.15, 0.2) is 42.6 Å². The maximum atomic E-state index is 9.05. The van der Waals surface area contributed by atoms with Gasteiger partial charge in [0.25, 0.3) is 0 Å². The zero-order valence-electron chi connectivity index (χ0n) is 8.46. The molecule has 1 aromatic heterocycles. The van der Waals surface area contributed by atoms with Gasteiger partial charge in [-0.2, -0.15) is 0 Å². The van der Waals surface area contributed by atoms with Gasteiger partial charge in [0.05, 0.1) is 0 Å². The highest BCUT2D eigenvalue weighted by Crippen LogP contribution is 2.17. The topological polar surface area (TPSA) is 45.4 Å². The smallest absolute Gasteiger partial charge is 0.423 e. The van der Waals surface area contributed by atoms with Crippen molar-refractivity contribution in [3.63, 3.8) is 0 Å². The second-order valence-corrected chi connectivity index (χ2v) is 3.51. The predicted molar refractivity (Wildman–Crippen MR) is 60.7 cm³/mol. The van der Waals surface area contributed by atoms with Gasteiger partial charge in [-0.25, -0.2) is 0 Å². The van der Waals surface area contributed by atoms with Crippen LogP contribution in [0.5, 0.6) is 0 Å². The summed E-state index contributed by atoms with van der Waals surface area (Å²) in [6.45, 7) is 0. The van der Waals surface area contributed by atoms with Crippen LogP contribution in [-0.2, 0) is 7.05 Å². The molecule has 0 aliphatic carbocycles. The van der Waals surface area contributed by atoms with Crippen molar-refractivity contribution in [1.29, 1.82) is 0 Å². The Hall–Kier alpha value is -1.52. The van der Waals surface area contributed by atoms with Crippen molar-refractivity contribution in [2.45, 2.75) is 0 Å². The van der Waals surface area contributed by atoms with Crippen LogP contribution in [0.2, 0.25) is 0 Å². The van der Waals surface area contributed by atoms with E-state index in [1.54, 1.807) is 12.3 Å². The molecule has 0 saturated carbocycles. The van der Waals surface area contributed by atoms with E-state index in [4.69, 9.17) is 10.0 Å². The third-order valence-corrected chi connectivity index (χ3v) is 2.39. The molecule has 2 aromatic rings. The van der Waals surface area contributed by atoms with Crippen molar-refractivity contribution in [3.05, 3.63) is 42.6 Å². The fourth-order valence-corrected chi connectivity index (χ4v) is 1.63. The molecule has 0 spiro atoms. The largest absolute Gasteiger partial charge is 0.490 e. The van der Waals surface area contributed by atoms with Gasteiger partial charge < -0.3 is 14.6 Å². The molecule has 1 aromatic carbocycles. The molecule has 0 aliphatic rings. The van der Waals surface area contributed by atoms with Crippen LogP contribution in [0, 0.1) is 0 Å². The molecular weight excluding hydrogens is 189 g/mol. The highest BCUT2D eigenvalue weighted by atomic mass is 16.4. The van der Waals surface area contributed by atoms with E-state index in [-0.39, 0.29) is 0 Å². The predicted octanol–water partition coefficient (Wildman–Crippen LogP) is 0.372. The number of aromatic nitrogens is 1. The quantitative estimate of drug-likeness (QED) is 0.689. The zero-order chi connectivity index (χ0) is 10.8. The van der Waals surface area contributed by atoms with Crippen molar-refractivity contribution >= 4 is 12.6 Å². The average Bonchev–Trinajstić information content (AvgIpc) is 2.62. The van der Waals surface area contributed by atoms with Gasteiger partial charge in [0.15, 0.2) is 0 Å². The number of hydrogen-bond acceptors (Lipinski definition) is 2. The van der Waals surface area contributed by atoms with E-state index in [1.165, 1.54) is 0 Å². The zero-order valence-corrected chi connectivity index (χ0v) is 8.46. The molecule has 0 radical (unpaired) electrons. The standard InChI is InChI=1S/C11H12BNO2/c1-13-8-10(12(14)15)7-11(13)9-5-3-2-4-6-9/h2-8,14-15H,1H3. The highest BCUT2D eigenvalue weighted by Gasteiger charge is 2.15. The second kappa shape index (κ2) is 3.92. The van der Waals surface area contributed by atoms with E-state index < -0.39 is 7.12 Å². The summed E-state index contributed by atoms with van der Waals surface area (Å²) >= 11 is 0. The summed E-state index contributed by atoms with van der Waals surface area (Å²) in [5.41, 5.74) is 2.54. The van der Waals surface area contributed by atoms with Gasteiger partial charge >= 0.3 is 7.12 Å². The molecule has 76 valence electrons. The maximum Gasteiger partial charge on any atom is 0.490 e. The van der Waals surface area contributed by atoms with Crippen molar-refractivity contribution < 1.29 is 10.0 Å². The summed E-state index contributed by atoms with van der Waals surface area (Å²) in [6.07, 6.45) is 1.72. The Morgan fingerprint density at radius 1 is 1.13 bits per heavy atom. The summed E-state index contributed by atoms with van der Waals surface area (Å²) in [7, 11) is 0.475. The first-order valence-corrected chi connectivity index (χ1v) is 4.76. The molecule has 3 nitrogen and oxygen atoms in total. The third-order valence-electron chi connectivity index (χ3n) is 2.39. The lowest BCUT2D eigenvalue weighted by atomic mass is 9.82. The van der Waals surface area contributed by atoms with Gasteiger partial charge in [0.1, 0.15) is 0 Å². The van der Waals surface area contributed by atoms with Crippen LogP contribution in [0.4, 0.5) is 0 Å². The van der Waals surface area contributed by atoms with Crippen LogP contribution >= 0.6 is 0 Å². The Bertz CT molecular complexity index is 451. The first-order valence-electron chi connectivity index (χ1n) is 4.76. The van der Waals surface area contributed by atoms with Crippen LogP contribution in [0.25, 0.3) is 11.3 Å². The van der Waals surface area contributed by atoms with Gasteiger partial charge in [0.2, 0.25) is 0 Å². The monoisotopic (exact) mass is 201 g/mol. The number of rotatable bonds is 2. The molecule has 0 fully saturated rings. The molecule has 1 heterocycles. The highest BCUT2D eigenvalue weighted by molar-refractivity contribution is 6.58. The first kappa shape index (κ1) is 10.0. The van der Waals surface area contributed by atoms with E-state index >= 15 is 0 Å². The van der Waals surface area contributed by atoms with Crippen molar-refractivity contribution in [3.8, 4) is 11.3 Å². The average molecular weight is 201 g/mol. The molecule has 0 aliphatic heterocycles. The summed E-state index contributed by atoms with van der Waals surface area (Å²) < 4.78 is 1.88. The molecule has 4 heteroatoms. The van der Waals surface area contributed by atoms with Crippen LogP contribution in [0.1, 0.15) is 0 Å². The lowest BCUT2D eigenvalue weighted by molar-refractivity contribution is 0.425. The maximum absolute atomic E-state index is 9.05. The second-order valence-electron chi connectivity index (χ2n) is 3.51. The van der Waals surface area contributed by atoms with E-state index in [1.807, 2.05) is 41.9 Å². The van der Waals surface area contributed by atoms with Gasteiger partial charge in [-0.1, -0.05) is 30.3 Å². The number of benzene rings is 1. The van der Waals surface area contributed by atoms with Gasteiger partial charge in [-0.05, 0) is 11.6 Å². The first-order chi connectivity index (χ1) is 7.18. The van der Waals surface area contributed by atoms with Crippen molar-refractivity contribution in [2.24, 2.45) is 7.05 Å². The minimum Gasteiger partial charge on any atom is -0.423 e. The molecule has 0 saturated heterocycles. The molecule has 2 rings (SSSR count). The van der Waals surface area contributed by atoms with E-state index in [9.17, 15) is 0 Å². The fourth-order valence-electron chi connectivity index (χ4n) is 1.63. The van der Waals surface area contributed by atoms with Gasteiger partial charge in [-0.3, -0.25) is 0 Å². The van der Waals surface area contributed by atoms with E-state index in [2.05, 4.69) is 0 Å². The molecule has 15 heavy (non-hydrogen) atoms. The van der Waals surface area contributed by atoms with Crippen LogP contribution in [0.3, 0.4) is 0 Å². The minimum absolute atomic E-state index is 0.511. The summed E-state index contributed by atoms with van der Waals surface area (Å²) in [4.78, 5) is 0. The van der Waals surface area contributed by atoms with Crippen LogP contribution in [-0.4, -0.2) is 21.7 Å². The lowest BCUT2D eigenvalue weighted by Crippen LogP contribution is -2.28. The molecule has 0 unspecified atom stereocenters. The number of hydrogen-bond donors (Lipinski definition) is 2. The minimum atomic E-state index is -1.41. The van der Waals surface area contributed by atoms with Gasteiger partial charge in [-0.15, -0.1) is 0 Å². The van der Waals surface area contributed by atoms with Crippen molar-refractivity contribution in [1.82, 2.24) is 4.57 Å². The molecule has 0 amide bonds. The van der Waals surface area contributed by atoms with Crippen LogP contribution < -0.4 is 5.46 Å². The molecular formula is C11H12BNO2. The van der Waals surface area contributed by atoms with E-state index in [0.29, 0.717) is 5.46 Å². The Labute approximate surface area is 88.8 Å². The Kier molecular flexibility index (Phi) is 2.62. The lowest BCUT2D eigenvalue weighted by Gasteiger charge is -2.01. The Balaban J connectivity index is 2.45. The normalized spacial score (nSPS) is 10.3. The number of aryl methyl sites for hydroxylation is 1. The fraction of sp³-hybridized carbons (Fsp3) is 0.0909. The van der Waals surface area contributed by atoms with Crippen molar-refractivity contribution in [2.75, 3.05) is 0 Å². The Morgan fingerprint density at radius 3 is 2.33 bits per heavy atom. The van der Waals surface area contributed by atoms with E-state index in [0.717, 1.165) is 11.3 Å². The summed E-state index contributed by atoms with van der Waals surface area (Å²) in [6, 6.07) is 11.6. The molecule has 2 N–H and O–H groups in total.